The minimum atomic E-state index is -0.171. The molecule has 4 heteroatoms. The van der Waals surface area contributed by atoms with Gasteiger partial charge in [-0.15, -0.1) is 11.8 Å². The molecule has 0 aliphatic carbocycles. The van der Waals surface area contributed by atoms with Gasteiger partial charge in [0, 0.05) is 10.5 Å². The number of hydrogen-bond acceptors (Lipinski definition) is 4. The lowest BCUT2D eigenvalue weighted by Gasteiger charge is -2.26. The van der Waals surface area contributed by atoms with Gasteiger partial charge in [-0.3, -0.25) is 0 Å². The predicted octanol–water partition coefficient (Wildman–Crippen LogP) is 3.63. The van der Waals surface area contributed by atoms with Crippen molar-refractivity contribution < 1.29 is 4.74 Å². The number of hydrogen-bond donors (Lipinski definition) is 1. The van der Waals surface area contributed by atoms with Gasteiger partial charge in [0.05, 0.1) is 5.92 Å². The van der Waals surface area contributed by atoms with Crippen molar-refractivity contribution >= 4 is 11.8 Å². The van der Waals surface area contributed by atoms with Crippen molar-refractivity contribution in [3.63, 3.8) is 0 Å². The fourth-order valence-electron chi connectivity index (χ4n) is 2.55. The topological polar surface area (TPSA) is 59.0 Å². The largest absolute Gasteiger partial charge is 0.440 e. The summed E-state index contributed by atoms with van der Waals surface area (Å²) in [5.41, 5.74) is 8.40. The molecule has 2 aromatic carbocycles. The van der Waals surface area contributed by atoms with Gasteiger partial charge in [0.1, 0.15) is 17.4 Å². The van der Waals surface area contributed by atoms with Crippen LogP contribution in [0.4, 0.5) is 0 Å². The maximum absolute atomic E-state index is 9.45. The fourth-order valence-corrected chi connectivity index (χ4v) is 2.95. The Morgan fingerprint density at radius 3 is 2.52 bits per heavy atom. The van der Waals surface area contributed by atoms with Gasteiger partial charge in [0.15, 0.2) is 0 Å². The van der Waals surface area contributed by atoms with Gasteiger partial charge in [-0.2, -0.15) is 5.26 Å². The summed E-state index contributed by atoms with van der Waals surface area (Å²) in [5.74, 6) is 0.735. The molecule has 1 aliphatic heterocycles. The van der Waals surface area contributed by atoms with E-state index in [2.05, 4.69) is 18.2 Å². The predicted molar refractivity (Wildman–Crippen MR) is 84.0 cm³/mol. The highest BCUT2D eigenvalue weighted by molar-refractivity contribution is 7.98. The van der Waals surface area contributed by atoms with Crippen LogP contribution in [0.1, 0.15) is 17.0 Å². The Bertz CT molecular complexity index is 744. The summed E-state index contributed by atoms with van der Waals surface area (Å²) in [5, 5.41) is 9.45. The van der Waals surface area contributed by atoms with E-state index in [0.29, 0.717) is 11.3 Å². The molecule has 1 atom stereocenters. The van der Waals surface area contributed by atoms with E-state index in [1.807, 2.05) is 42.7 Å². The molecule has 0 spiro atoms. The van der Waals surface area contributed by atoms with Crippen LogP contribution in [0, 0.1) is 11.3 Å². The van der Waals surface area contributed by atoms with Crippen molar-refractivity contribution in [3.05, 3.63) is 71.1 Å². The van der Waals surface area contributed by atoms with Gasteiger partial charge < -0.3 is 10.5 Å². The molecule has 104 valence electrons. The molecule has 0 aromatic heterocycles. The second-order valence-corrected chi connectivity index (χ2v) is 5.62. The van der Waals surface area contributed by atoms with Gasteiger partial charge in [-0.25, -0.2) is 0 Å². The summed E-state index contributed by atoms with van der Waals surface area (Å²) >= 11 is 1.69. The molecule has 1 aliphatic rings. The molecule has 2 N–H and O–H groups in total. The molecule has 0 saturated heterocycles. The minimum absolute atomic E-state index is 0.171. The third-order valence-electron chi connectivity index (χ3n) is 3.57. The second kappa shape index (κ2) is 5.55. The molecule has 0 radical (unpaired) electrons. The Labute approximate surface area is 128 Å². The first kappa shape index (κ1) is 13.6. The third kappa shape index (κ3) is 2.37. The van der Waals surface area contributed by atoms with Crippen molar-refractivity contribution in [2.75, 3.05) is 6.26 Å². The van der Waals surface area contributed by atoms with E-state index >= 15 is 0 Å². The molecule has 3 rings (SSSR count). The van der Waals surface area contributed by atoms with Crippen LogP contribution in [0.15, 0.2) is 64.9 Å². The van der Waals surface area contributed by atoms with Crippen LogP contribution in [0.25, 0.3) is 0 Å². The first-order chi connectivity index (χ1) is 10.2. The Kier molecular flexibility index (Phi) is 3.59. The van der Waals surface area contributed by atoms with Crippen LogP contribution < -0.4 is 10.5 Å². The molecule has 0 saturated carbocycles. The fraction of sp³-hybridized carbons (Fsp3) is 0.118. The molecule has 0 amide bonds. The molecular formula is C17H14N2OS. The summed E-state index contributed by atoms with van der Waals surface area (Å²) in [6.07, 6.45) is 2.04. The SMILES string of the molecule is CSc1ccc([C@H]2C(C#N)=C(N)Oc3ccccc32)cc1. The third-order valence-corrected chi connectivity index (χ3v) is 4.32. The maximum Gasteiger partial charge on any atom is 0.205 e. The van der Waals surface area contributed by atoms with Crippen molar-refractivity contribution in [2.24, 2.45) is 5.73 Å². The number of thioether (sulfide) groups is 1. The zero-order valence-electron chi connectivity index (χ0n) is 11.5. The van der Waals surface area contributed by atoms with Crippen LogP contribution in [0.3, 0.4) is 0 Å². The van der Waals surface area contributed by atoms with Crippen molar-refractivity contribution in [1.82, 2.24) is 0 Å². The van der Waals surface area contributed by atoms with E-state index < -0.39 is 0 Å². The highest BCUT2D eigenvalue weighted by atomic mass is 32.2. The van der Waals surface area contributed by atoms with E-state index in [9.17, 15) is 5.26 Å². The number of benzene rings is 2. The van der Waals surface area contributed by atoms with E-state index in [1.54, 1.807) is 11.8 Å². The lowest BCUT2D eigenvalue weighted by molar-refractivity contribution is 0.393. The van der Waals surface area contributed by atoms with Crippen LogP contribution >= 0.6 is 11.8 Å². The summed E-state index contributed by atoms with van der Waals surface area (Å²) in [7, 11) is 0. The number of para-hydroxylation sites is 1. The second-order valence-electron chi connectivity index (χ2n) is 4.74. The summed E-state index contributed by atoms with van der Waals surface area (Å²) in [4.78, 5) is 1.19. The van der Waals surface area contributed by atoms with Gasteiger partial charge in [-0.05, 0) is 30.0 Å². The summed E-state index contributed by atoms with van der Waals surface area (Å²) < 4.78 is 5.56. The highest BCUT2D eigenvalue weighted by Crippen LogP contribution is 2.41. The number of ether oxygens (including phenoxy) is 1. The van der Waals surface area contributed by atoms with Gasteiger partial charge >= 0.3 is 0 Å². The average molecular weight is 294 g/mol. The first-order valence-electron chi connectivity index (χ1n) is 6.55. The number of allylic oxidation sites excluding steroid dienone is 1. The molecule has 0 unspecified atom stereocenters. The lowest BCUT2D eigenvalue weighted by atomic mass is 9.84. The highest BCUT2D eigenvalue weighted by Gasteiger charge is 2.30. The zero-order valence-corrected chi connectivity index (χ0v) is 12.4. The van der Waals surface area contributed by atoms with Crippen LogP contribution in [0.5, 0.6) is 5.75 Å². The van der Waals surface area contributed by atoms with E-state index in [1.165, 1.54) is 4.90 Å². The molecule has 2 aromatic rings. The Balaban J connectivity index is 2.15. The molecule has 3 nitrogen and oxygen atoms in total. The van der Waals surface area contributed by atoms with E-state index in [-0.39, 0.29) is 11.8 Å². The molecule has 0 bridgehead atoms. The molecular weight excluding hydrogens is 280 g/mol. The number of rotatable bonds is 2. The minimum Gasteiger partial charge on any atom is -0.440 e. The zero-order chi connectivity index (χ0) is 14.8. The molecule has 21 heavy (non-hydrogen) atoms. The summed E-state index contributed by atoms with van der Waals surface area (Å²) in [6.45, 7) is 0. The van der Waals surface area contributed by atoms with Gasteiger partial charge in [0.25, 0.3) is 0 Å². The summed E-state index contributed by atoms with van der Waals surface area (Å²) in [6, 6.07) is 18.1. The quantitative estimate of drug-likeness (QED) is 0.859. The Morgan fingerprint density at radius 2 is 1.86 bits per heavy atom. The van der Waals surface area contributed by atoms with Crippen molar-refractivity contribution in [1.29, 1.82) is 5.26 Å². The first-order valence-corrected chi connectivity index (χ1v) is 7.77. The van der Waals surface area contributed by atoms with Crippen molar-refractivity contribution in [3.8, 4) is 11.8 Å². The standard InChI is InChI=1S/C17H14N2OS/c1-21-12-8-6-11(7-9-12)16-13-4-2-3-5-15(13)20-17(19)14(16)10-18/h2-9,16H,19H2,1H3/t16-/m1/s1. The average Bonchev–Trinajstić information content (AvgIpc) is 2.53. The van der Waals surface area contributed by atoms with Gasteiger partial charge in [-0.1, -0.05) is 30.3 Å². The smallest absolute Gasteiger partial charge is 0.205 e. The van der Waals surface area contributed by atoms with Crippen LogP contribution in [-0.4, -0.2) is 6.26 Å². The number of nitrogens with two attached hydrogens (primary N) is 1. The van der Waals surface area contributed by atoms with Crippen LogP contribution in [0.2, 0.25) is 0 Å². The Morgan fingerprint density at radius 1 is 1.14 bits per heavy atom. The number of nitriles is 1. The number of nitrogens with zero attached hydrogens (tertiary/aromatic N) is 1. The number of fused-ring (bicyclic) bond motifs is 1. The normalized spacial score (nSPS) is 16.9. The Hall–Kier alpha value is -2.38. The van der Waals surface area contributed by atoms with Crippen LogP contribution in [-0.2, 0) is 0 Å². The monoisotopic (exact) mass is 294 g/mol. The van der Waals surface area contributed by atoms with E-state index in [4.69, 9.17) is 10.5 Å². The lowest BCUT2D eigenvalue weighted by Crippen LogP contribution is -2.20. The van der Waals surface area contributed by atoms with E-state index in [0.717, 1.165) is 11.1 Å². The molecule has 1 heterocycles. The van der Waals surface area contributed by atoms with Crippen molar-refractivity contribution in [2.45, 2.75) is 10.8 Å². The van der Waals surface area contributed by atoms with Gasteiger partial charge in [0.2, 0.25) is 5.88 Å². The maximum atomic E-state index is 9.45. The molecule has 0 fully saturated rings.